The fourth-order valence-corrected chi connectivity index (χ4v) is 1.95. The van der Waals surface area contributed by atoms with Gasteiger partial charge in [0.2, 0.25) is 0 Å². The number of H-pyrrole nitrogens is 1. The summed E-state index contributed by atoms with van der Waals surface area (Å²) < 4.78 is 1.24. The third-order valence-electron chi connectivity index (χ3n) is 3.05. The summed E-state index contributed by atoms with van der Waals surface area (Å²) in [6, 6.07) is 0. The minimum Gasteiger partial charge on any atom is -0.297 e. The second kappa shape index (κ2) is 4.45. The molecular weight excluding hydrogens is 228 g/mol. The van der Waals surface area contributed by atoms with Crippen LogP contribution in [0.25, 0.3) is 0 Å². The average molecular weight is 243 g/mol. The van der Waals surface area contributed by atoms with E-state index in [4.69, 9.17) is 11.6 Å². The van der Waals surface area contributed by atoms with Gasteiger partial charge in [0.1, 0.15) is 5.15 Å². The quantitative estimate of drug-likeness (QED) is 0.817. The van der Waals surface area contributed by atoms with Crippen molar-refractivity contribution in [1.29, 1.82) is 0 Å². The molecule has 0 amide bonds. The van der Waals surface area contributed by atoms with Crippen molar-refractivity contribution in [1.82, 2.24) is 9.55 Å². The molecule has 1 N–H and O–H groups in total. The second-order valence-electron chi connectivity index (χ2n) is 4.41. The second-order valence-corrected chi connectivity index (χ2v) is 4.79. The highest BCUT2D eigenvalue weighted by Gasteiger charge is 2.20. The number of aromatic nitrogens is 2. The van der Waals surface area contributed by atoms with E-state index in [-0.39, 0.29) is 10.7 Å². The highest BCUT2D eigenvalue weighted by atomic mass is 35.5. The zero-order valence-corrected chi connectivity index (χ0v) is 10.0. The molecule has 1 aliphatic carbocycles. The fourth-order valence-electron chi connectivity index (χ4n) is 1.79. The minimum absolute atomic E-state index is 0.147. The van der Waals surface area contributed by atoms with Crippen LogP contribution in [0.4, 0.5) is 0 Å². The lowest BCUT2D eigenvalue weighted by Gasteiger charge is -2.06. The van der Waals surface area contributed by atoms with E-state index in [1.165, 1.54) is 17.4 Å². The fraction of sp³-hybridized carbons (Fsp3) is 0.636. The molecule has 1 aromatic rings. The minimum atomic E-state index is -0.406. The molecule has 0 unspecified atom stereocenters. The van der Waals surface area contributed by atoms with Crippen molar-refractivity contribution in [3.63, 3.8) is 0 Å². The van der Waals surface area contributed by atoms with E-state index < -0.39 is 5.69 Å². The van der Waals surface area contributed by atoms with Crippen LogP contribution in [0, 0.1) is 12.8 Å². The van der Waals surface area contributed by atoms with E-state index in [1.54, 1.807) is 6.92 Å². The SMILES string of the molecule is Cc1c(Cl)[nH]c(=O)n(CCCC2CC2)c1=O. The summed E-state index contributed by atoms with van der Waals surface area (Å²) in [6.45, 7) is 2.11. The summed E-state index contributed by atoms with van der Waals surface area (Å²) in [5.41, 5.74) is -0.270. The van der Waals surface area contributed by atoms with Gasteiger partial charge < -0.3 is 0 Å². The summed E-state index contributed by atoms with van der Waals surface area (Å²) in [5.74, 6) is 0.822. The van der Waals surface area contributed by atoms with Crippen molar-refractivity contribution in [2.24, 2.45) is 5.92 Å². The van der Waals surface area contributed by atoms with Gasteiger partial charge >= 0.3 is 5.69 Å². The Bertz CT molecular complexity index is 500. The Labute approximate surface area is 98.3 Å². The number of aromatic amines is 1. The molecule has 0 bridgehead atoms. The number of hydrogen-bond donors (Lipinski definition) is 1. The highest BCUT2D eigenvalue weighted by Crippen LogP contribution is 2.33. The van der Waals surface area contributed by atoms with Crippen LogP contribution in [0.2, 0.25) is 5.15 Å². The lowest BCUT2D eigenvalue weighted by atomic mass is 10.2. The van der Waals surface area contributed by atoms with E-state index in [0.29, 0.717) is 12.1 Å². The Balaban J connectivity index is 2.15. The van der Waals surface area contributed by atoms with Crippen molar-refractivity contribution in [2.45, 2.75) is 39.2 Å². The monoisotopic (exact) mass is 242 g/mol. The molecule has 0 atom stereocenters. The summed E-state index contributed by atoms with van der Waals surface area (Å²) >= 11 is 5.72. The van der Waals surface area contributed by atoms with Crippen LogP contribution in [0.5, 0.6) is 0 Å². The van der Waals surface area contributed by atoms with Gasteiger partial charge in [0.05, 0.1) is 0 Å². The zero-order chi connectivity index (χ0) is 11.7. The van der Waals surface area contributed by atoms with Gasteiger partial charge in [0.15, 0.2) is 0 Å². The van der Waals surface area contributed by atoms with Gasteiger partial charge in [-0.15, -0.1) is 0 Å². The Morgan fingerprint density at radius 3 is 2.75 bits per heavy atom. The van der Waals surface area contributed by atoms with Gasteiger partial charge in [-0.1, -0.05) is 24.4 Å². The highest BCUT2D eigenvalue weighted by molar-refractivity contribution is 6.30. The third kappa shape index (κ3) is 2.38. The Kier molecular flexibility index (Phi) is 3.19. The smallest absolute Gasteiger partial charge is 0.297 e. The van der Waals surface area contributed by atoms with Crippen molar-refractivity contribution >= 4 is 11.6 Å². The summed E-state index contributed by atoms with van der Waals surface area (Å²) in [4.78, 5) is 25.8. The summed E-state index contributed by atoms with van der Waals surface area (Å²) in [6.07, 6.45) is 4.58. The van der Waals surface area contributed by atoms with Gasteiger partial charge in [-0.2, -0.15) is 0 Å². The molecular formula is C11H15ClN2O2. The topological polar surface area (TPSA) is 54.9 Å². The molecule has 88 valence electrons. The van der Waals surface area contributed by atoms with Gasteiger partial charge in [-0.3, -0.25) is 14.3 Å². The first-order valence-electron chi connectivity index (χ1n) is 5.59. The molecule has 1 heterocycles. The van der Waals surface area contributed by atoms with Crippen molar-refractivity contribution < 1.29 is 0 Å². The van der Waals surface area contributed by atoms with Crippen LogP contribution >= 0.6 is 11.6 Å². The lowest BCUT2D eigenvalue weighted by Crippen LogP contribution is -2.36. The maximum Gasteiger partial charge on any atom is 0.329 e. The first-order chi connectivity index (χ1) is 7.59. The Morgan fingerprint density at radius 1 is 1.44 bits per heavy atom. The first kappa shape index (κ1) is 11.5. The number of nitrogens with one attached hydrogen (secondary N) is 1. The number of nitrogens with zero attached hydrogens (tertiary/aromatic N) is 1. The number of hydrogen-bond acceptors (Lipinski definition) is 2. The molecule has 1 aromatic heterocycles. The van der Waals surface area contributed by atoms with E-state index in [9.17, 15) is 9.59 Å². The lowest BCUT2D eigenvalue weighted by molar-refractivity contribution is 0.543. The zero-order valence-electron chi connectivity index (χ0n) is 9.25. The van der Waals surface area contributed by atoms with Crippen LogP contribution in [-0.4, -0.2) is 9.55 Å². The van der Waals surface area contributed by atoms with Gasteiger partial charge in [0.25, 0.3) is 5.56 Å². The van der Waals surface area contributed by atoms with Crippen molar-refractivity contribution in [3.8, 4) is 0 Å². The van der Waals surface area contributed by atoms with Gasteiger partial charge in [-0.25, -0.2) is 4.79 Å². The maximum absolute atomic E-state index is 11.8. The molecule has 2 rings (SSSR count). The predicted octanol–water partition coefficient (Wildman–Crippen LogP) is 1.69. The van der Waals surface area contributed by atoms with Crippen LogP contribution in [0.3, 0.4) is 0 Å². The van der Waals surface area contributed by atoms with E-state index in [1.807, 2.05) is 0 Å². The number of halogens is 1. The Morgan fingerprint density at radius 2 is 2.12 bits per heavy atom. The third-order valence-corrected chi connectivity index (χ3v) is 3.43. The molecule has 0 aliphatic heterocycles. The van der Waals surface area contributed by atoms with Crippen LogP contribution < -0.4 is 11.2 Å². The predicted molar refractivity (Wildman–Crippen MR) is 63.0 cm³/mol. The van der Waals surface area contributed by atoms with Crippen molar-refractivity contribution in [2.75, 3.05) is 0 Å². The molecule has 0 saturated heterocycles. The van der Waals surface area contributed by atoms with Gasteiger partial charge in [-0.05, 0) is 25.7 Å². The molecule has 4 nitrogen and oxygen atoms in total. The van der Waals surface area contributed by atoms with E-state index in [0.717, 1.165) is 18.8 Å². The van der Waals surface area contributed by atoms with E-state index in [2.05, 4.69) is 4.98 Å². The summed E-state index contributed by atoms with van der Waals surface area (Å²) in [7, 11) is 0. The molecule has 5 heteroatoms. The van der Waals surface area contributed by atoms with Crippen LogP contribution in [0.1, 0.15) is 31.2 Å². The molecule has 1 fully saturated rings. The largest absolute Gasteiger partial charge is 0.329 e. The summed E-state index contributed by atoms with van der Waals surface area (Å²) in [5, 5.41) is 0.147. The van der Waals surface area contributed by atoms with Crippen molar-refractivity contribution in [3.05, 3.63) is 31.6 Å². The standard InChI is InChI=1S/C11H15ClN2O2/c1-7-9(12)13-11(16)14(10(7)15)6-2-3-8-4-5-8/h8H,2-6H2,1H3,(H,13,16). The van der Waals surface area contributed by atoms with Crippen LogP contribution in [0.15, 0.2) is 9.59 Å². The molecule has 0 spiro atoms. The molecule has 1 aliphatic rings. The first-order valence-corrected chi connectivity index (χ1v) is 5.96. The average Bonchev–Trinajstić information content (AvgIpc) is 3.04. The molecule has 0 radical (unpaired) electrons. The molecule has 1 saturated carbocycles. The molecule has 0 aromatic carbocycles. The van der Waals surface area contributed by atoms with E-state index >= 15 is 0 Å². The molecule has 16 heavy (non-hydrogen) atoms. The Hall–Kier alpha value is -1.03. The number of rotatable bonds is 4. The van der Waals surface area contributed by atoms with Gasteiger partial charge in [0, 0.05) is 12.1 Å². The normalized spacial score (nSPS) is 15.4. The maximum atomic E-state index is 11.8. The van der Waals surface area contributed by atoms with Crippen LogP contribution in [-0.2, 0) is 6.54 Å².